The number of benzene rings is 2. The SMILES string of the molecule is CCOCCOc1ccc(S(=O)(=O)NCc2ccc(OC)c(OC)c2)cc1. The summed E-state index contributed by atoms with van der Waals surface area (Å²) >= 11 is 0. The molecule has 0 unspecified atom stereocenters. The topological polar surface area (TPSA) is 83.1 Å². The molecule has 0 heterocycles. The molecule has 0 saturated heterocycles. The van der Waals surface area contributed by atoms with Crippen LogP contribution in [0.4, 0.5) is 0 Å². The highest BCUT2D eigenvalue weighted by Gasteiger charge is 2.14. The van der Waals surface area contributed by atoms with Crippen molar-refractivity contribution in [3.05, 3.63) is 48.0 Å². The summed E-state index contributed by atoms with van der Waals surface area (Å²) in [6.07, 6.45) is 0. The molecular weight excluding hydrogens is 370 g/mol. The molecule has 0 atom stereocenters. The monoisotopic (exact) mass is 395 g/mol. The van der Waals surface area contributed by atoms with Crippen LogP contribution in [0.15, 0.2) is 47.4 Å². The van der Waals surface area contributed by atoms with Gasteiger partial charge in [-0.2, -0.15) is 0 Å². The summed E-state index contributed by atoms with van der Waals surface area (Å²) < 4.78 is 48.6. The van der Waals surface area contributed by atoms with Crippen LogP contribution < -0.4 is 18.9 Å². The Balaban J connectivity index is 1.98. The van der Waals surface area contributed by atoms with Crippen molar-refractivity contribution in [2.24, 2.45) is 0 Å². The molecule has 7 nitrogen and oxygen atoms in total. The first-order chi connectivity index (χ1) is 13.0. The third-order valence-electron chi connectivity index (χ3n) is 3.75. The zero-order chi connectivity index (χ0) is 19.7. The predicted octanol–water partition coefficient (Wildman–Crippen LogP) is 2.60. The maximum atomic E-state index is 12.5. The largest absolute Gasteiger partial charge is 0.493 e. The first kappa shape index (κ1) is 21.0. The van der Waals surface area contributed by atoms with Gasteiger partial charge >= 0.3 is 0 Å². The highest BCUT2D eigenvalue weighted by Crippen LogP contribution is 2.27. The van der Waals surface area contributed by atoms with E-state index in [9.17, 15) is 8.42 Å². The summed E-state index contributed by atoms with van der Waals surface area (Å²) in [7, 11) is -0.564. The van der Waals surface area contributed by atoms with Crippen LogP contribution in [0.5, 0.6) is 17.2 Å². The van der Waals surface area contributed by atoms with E-state index in [1.807, 2.05) is 6.92 Å². The fourth-order valence-corrected chi connectivity index (χ4v) is 3.35. The van der Waals surface area contributed by atoms with Crippen molar-refractivity contribution in [1.82, 2.24) is 4.72 Å². The van der Waals surface area contributed by atoms with Crippen LogP contribution in [0.2, 0.25) is 0 Å². The summed E-state index contributed by atoms with van der Waals surface area (Å²) in [5.41, 5.74) is 0.757. The smallest absolute Gasteiger partial charge is 0.240 e. The molecule has 0 saturated carbocycles. The van der Waals surface area contributed by atoms with E-state index in [0.717, 1.165) is 5.56 Å². The second-order valence-corrected chi connectivity index (χ2v) is 7.30. The highest BCUT2D eigenvalue weighted by atomic mass is 32.2. The van der Waals surface area contributed by atoms with E-state index in [1.54, 1.807) is 37.4 Å². The summed E-state index contributed by atoms with van der Waals surface area (Å²) in [4.78, 5) is 0.167. The Morgan fingerprint density at radius 2 is 1.63 bits per heavy atom. The third kappa shape index (κ3) is 6.13. The predicted molar refractivity (Wildman–Crippen MR) is 102 cm³/mol. The minimum absolute atomic E-state index is 0.134. The maximum Gasteiger partial charge on any atom is 0.240 e. The lowest BCUT2D eigenvalue weighted by Gasteiger charge is -2.11. The molecule has 0 aliphatic carbocycles. The van der Waals surface area contributed by atoms with E-state index in [1.165, 1.54) is 19.2 Å². The van der Waals surface area contributed by atoms with Crippen LogP contribution in [0.3, 0.4) is 0 Å². The van der Waals surface area contributed by atoms with Gasteiger partial charge in [0.2, 0.25) is 10.0 Å². The zero-order valence-electron chi connectivity index (χ0n) is 15.7. The van der Waals surface area contributed by atoms with Crippen LogP contribution in [0.25, 0.3) is 0 Å². The lowest BCUT2D eigenvalue weighted by molar-refractivity contribution is 0.110. The Morgan fingerprint density at radius 1 is 0.926 bits per heavy atom. The molecular formula is C19H25NO6S. The van der Waals surface area contributed by atoms with E-state index in [4.69, 9.17) is 18.9 Å². The van der Waals surface area contributed by atoms with Crippen molar-refractivity contribution >= 4 is 10.0 Å². The molecule has 0 radical (unpaired) electrons. The lowest BCUT2D eigenvalue weighted by Crippen LogP contribution is -2.23. The molecule has 0 spiro atoms. The number of hydrogen-bond donors (Lipinski definition) is 1. The van der Waals surface area contributed by atoms with Crippen LogP contribution in [0, 0.1) is 0 Å². The maximum absolute atomic E-state index is 12.5. The first-order valence-corrected chi connectivity index (χ1v) is 9.99. The molecule has 0 amide bonds. The number of sulfonamides is 1. The van der Waals surface area contributed by atoms with Crippen LogP contribution in [0.1, 0.15) is 12.5 Å². The van der Waals surface area contributed by atoms with E-state index in [-0.39, 0.29) is 11.4 Å². The average molecular weight is 395 g/mol. The lowest BCUT2D eigenvalue weighted by atomic mass is 10.2. The molecule has 0 aliphatic rings. The Morgan fingerprint density at radius 3 is 2.26 bits per heavy atom. The Hall–Kier alpha value is -2.29. The summed E-state index contributed by atoms with van der Waals surface area (Å²) in [5.74, 6) is 1.72. The van der Waals surface area contributed by atoms with Gasteiger partial charge in [-0.3, -0.25) is 0 Å². The van der Waals surface area contributed by atoms with Gasteiger partial charge in [-0.15, -0.1) is 0 Å². The van der Waals surface area contributed by atoms with Gasteiger partial charge in [0.1, 0.15) is 12.4 Å². The van der Waals surface area contributed by atoms with Crippen molar-refractivity contribution in [2.75, 3.05) is 34.0 Å². The van der Waals surface area contributed by atoms with Crippen LogP contribution in [-0.2, 0) is 21.3 Å². The zero-order valence-corrected chi connectivity index (χ0v) is 16.5. The molecule has 1 N–H and O–H groups in total. The highest BCUT2D eigenvalue weighted by molar-refractivity contribution is 7.89. The molecule has 0 bridgehead atoms. The average Bonchev–Trinajstić information content (AvgIpc) is 2.70. The summed E-state index contributed by atoms with van der Waals surface area (Å²) in [6.45, 7) is 3.58. The second-order valence-electron chi connectivity index (χ2n) is 5.53. The molecule has 2 aromatic carbocycles. The van der Waals surface area contributed by atoms with E-state index >= 15 is 0 Å². The number of nitrogens with one attached hydrogen (secondary N) is 1. The Labute approximate surface area is 160 Å². The number of methoxy groups -OCH3 is 2. The fraction of sp³-hybridized carbons (Fsp3) is 0.368. The number of hydrogen-bond acceptors (Lipinski definition) is 6. The molecule has 148 valence electrons. The van der Waals surface area contributed by atoms with Gasteiger partial charge in [-0.25, -0.2) is 13.1 Å². The van der Waals surface area contributed by atoms with Crippen molar-refractivity contribution in [1.29, 1.82) is 0 Å². The quantitative estimate of drug-likeness (QED) is 0.589. The van der Waals surface area contributed by atoms with Crippen molar-refractivity contribution in [3.8, 4) is 17.2 Å². The summed E-state index contributed by atoms with van der Waals surface area (Å²) in [5, 5.41) is 0. The van der Waals surface area contributed by atoms with Crippen LogP contribution in [-0.4, -0.2) is 42.5 Å². The van der Waals surface area contributed by atoms with Gasteiger partial charge in [0.15, 0.2) is 11.5 Å². The fourth-order valence-electron chi connectivity index (χ4n) is 2.33. The normalized spacial score (nSPS) is 11.2. The van der Waals surface area contributed by atoms with E-state index in [2.05, 4.69) is 4.72 Å². The molecule has 8 heteroatoms. The molecule has 27 heavy (non-hydrogen) atoms. The van der Waals surface area contributed by atoms with Crippen molar-refractivity contribution < 1.29 is 27.4 Å². The van der Waals surface area contributed by atoms with E-state index < -0.39 is 10.0 Å². The molecule has 0 aromatic heterocycles. The molecule has 2 rings (SSSR count). The van der Waals surface area contributed by atoms with Gasteiger partial charge in [-0.05, 0) is 48.9 Å². The van der Waals surface area contributed by atoms with E-state index in [0.29, 0.717) is 37.1 Å². The third-order valence-corrected chi connectivity index (χ3v) is 5.17. The van der Waals surface area contributed by atoms with Crippen molar-refractivity contribution in [3.63, 3.8) is 0 Å². The Kier molecular flexibility index (Phi) is 7.90. The van der Waals surface area contributed by atoms with Gasteiger partial charge in [0.05, 0.1) is 25.7 Å². The second kappa shape index (κ2) is 10.1. The number of rotatable bonds is 11. The minimum Gasteiger partial charge on any atom is -0.493 e. The van der Waals surface area contributed by atoms with Gasteiger partial charge in [0, 0.05) is 13.2 Å². The molecule has 0 fully saturated rings. The Bertz CT molecular complexity index is 821. The van der Waals surface area contributed by atoms with Crippen molar-refractivity contribution in [2.45, 2.75) is 18.4 Å². The van der Waals surface area contributed by atoms with Gasteiger partial charge in [0.25, 0.3) is 0 Å². The minimum atomic E-state index is -3.64. The van der Waals surface area contributed by atoms with Crippen LogP contribution >= 0.6 is 0 Å². The molecule has 2 aromatic rings. The first-order valence-electron chi connectivity index (χ1n) is 8.51. The summed E-state index contributed by atoms with van der Waals surface area (Å²) in [6, 6.07) is 11.5. The number of ether oxygens (including phenoxy) is 4. The standard InChI is InChI=1S/C19H25NO6S/c1-4-25-11-12-26-16-6-8-17(9-7-16)27(21,22)20-14-15-5-10-18(23-2)19(13-15)24-3/h5-10,13,20H,4,11-12,14H2,1-3H3. The molecule has 0 aliphatic heterocycles. The van der Waals surface area contributed by atoms with Gasteiger partial charge < -0.3 is 18.9 Å². The van der Waals surface area contributed by atoms with Gasteiger partial charge in [-0.1, -0.05) is 6.07 Å².